The second-order valence-electron chi connectivity index (χ2n) is 6.08. The molecular formula is C15H25FN2O4S2. The summed E-state index contributed by atoms with van der Waals surface area (Å²) in [6.07, 6.45) is 0.348. The van der Waals surface area contributed by atoms with Crippen molar-refractivity contribution in [2.45, 2.75) is 51.2 Å². The van der Waals surface area contributed by atoms with Gasteiger partial charge in [0.1, 0.15) is 5.82 Å². The van der Waals surface area contributed by atoms with Gasteiger partial charge in [-0.1, -0.05) is 12.1 Å². The molecule has 138 valence electrons. The average molecular weight is 381 g/mol. The number of benzene rings is 1. The van der Waals surface area contributed by atoms with Crippen molar-refractivity contribution in [3.05, 3.63) is 35.1 Å². The van der Waals surface area contributed by atoms with Crippen LogP contribution in [-0.4, -0.2) is 33.9 Å². The summed E-state index contributed by atoms with van der Waals surface area (Å²) < 4.78 is 65.4. The molecule has 6 nitrogen and oxygen atoms in total. The molecule has 0 atom stereocenters. The highest BCUT2D eigenvalue weighted by Crippen LogP contribution is 2.12. The highest BCUT2D eigenvalue weighted by Gasteiger charge is 2.16. The Balaban J connectivity index is 2.65. The van der Waals surface area contributed by atoms with E-state index in [0.29, 0.717) is 12.0 Å². The van der Waals surface area contributed by atoms with Gasteiger partial charge in [-0.15, -0.1) is 0 Å². The van der Waals surface area contributed by atoms with Crippen LogP contribution in [0.4, 0.5) is 4.39 Å². The minimum atomic E-state index is -3.46. The molecule has 0 fully saturated rings. The maximum absolute atomic E-state index is 14.0. The highest BCUT2D eigenvalue weighted by atomic mass is 32.2. The zero-order valence-corrected chi connectivity index (χ0v) is 16.0. The third-order valence-electron chi connectivity index (χ3n) is 3.54. The summed E-state index contributed by atoms with van der Waals surface area (Å²) in [5, 5.41) is -1.11. The van der Waals surface area contributed by atoms with Crippen LogP contribution >= 0.6 is 0 Å². The van der Waals surface area contributed by atoms with Crippen molar-refractivity contribution in [2.24, 2.45) is 0 Å². The van der Waals surface area contributed by atoms with Gasteiger partial charge in [0, 0.05) is 18.7 Å². The summed E-state index contributed by atoms with van der Waals surface area (Å²) in [6.45, 7) is 6.30. The lowest BCUT2D eigenvalue weighted by molar-refractivity contribution is 0.566. The maximum atomic E-state index is 14.0. The molecule has 0 radical (unpaired) electrons. The molecule has 0 spiro atoms. The second kappa shape index (κ2) is 8.37. The third-order valence-corrected chi connectivity index (χ3v) is 7.18. The van der Waals surface area contributed by atoms with E-state index in [4.69, 9.17) is 0 Å². The predicted molar refractivity (Wildman–Crippen MR) is 93.1 cm³/mol. The van der Waals surface area contributed by atoms with Crippen molar-refractivity contribution in [3.63, 3.8) is 0 Å². The summed E-state index contributed by atoms with van der Waals surface area (Å²) in [5.74, 6) is -0.523. The molecule has 1 aromatic carbocycles. The van der Waals surface area contributed by atoms with Crippen molar-refractivity contribution < 1.29 is 21.2 Å². The molecule has 1 aromatic rings. The Hall–Kier alpha value is -1.03. The van der Waals surface area contributed by atoms with Crippen LogP contribution in [0, 0.1) is 5.82 Å². The fraction of sp³-hybridized carbons (Fsp3) is 0.600. The molecule has 0 bridgehead atoms. The topological polar surface area (TPSA) is 92.3 Å². The zero-order valence-electron chi connectivity index (χ0n) is 14.3. The largest absolute Gasteiger partial charge is 0.215 e. The van der Waals surface area contributed by atoms with Crippen LogP contribution < -0.4 is 9.44 Å². The standard InChI is InChI=1S/C15H25FN2O4S2/c1-11(2)23(19,20)17-8-7-13-5-6-14(15(16)9-13)10-18-24(21,22)12(3)4/h5-6,9,11-12,17-18H,7-8,10H2,1-4H3. The van der Waals surface area contributed by atoms with Crippen molar-refractivity contribution >= 4 is 20.0 Å². The van der Waals surface area contributed by atoms with Gasteiger partial charge in [-0.2, -0.15) is 0 Å². The van der Waals surface area contributed by atoms with Crippen LogP contribution in [0.25, 0.3) is 0 Å². The molecule has 9 heteroatoms. The van der Waals surface area contributed by atoms with Gasteiger partial charge in [-0.3, -0.25) is 0 Å². The van der Waals surface area contributed by atoms with Crippen LogP contribution in [0.2, 0.25) is 0 Å². The first-order valence-electron chi connectivity index (χ1n) is 7.70. The Morgan fingerprint density at radius 1 is 0.958 bits per heavy atom. The van der Waals surface area contributed by atoms with E-state index in [0.717, 1.165) is 0 Å². The lowest BCUT2D eigenvalue weighted by atomic mass is 10.1. The molecule has 0 saturated carbocycles. The minimum absolute atomic E-state index is 0.118. The number of nitrogens with one attached hydrogen (secondary N) is 2. The van der Waals surface area contributed by atoms with Crippen molar-refractivity contribution in [2.75, 3.05) is 6.54 Å². The third kappa shape index (κ3) is 6.12. The summed E-state index contributed by atoms with van der Waals surface area (Å²) in [5.41, 5.74) is 0.875. The molecule has 0 amide bonds. The zero-order chi connectivity index (χ0) is 18.5. The smallest absolute Gasteiger partial charge is 0.214 e. The molecular weight excluding hydrogens is 355 g/mol. The van der Waals surface area contributed by atoms with Gasteiger partial charge in [0.2, 0.25) is 20.0 Å². The lowest BCUT2D eigenvalue weighted by Crippen LogP contribution is -2.32. The average Bonchev–Trinajstić information content (AvgIpc) is 2.45. The van der Waals surface area contributed by atoms with E-state index in [9.17, 15) is 21.2 Å². The SMILES string of the molecule is CC(C)S(=O)(=O)NCCc1ccc(CNS(=O)(=O)C(C)C)c(F)c1. The number of halogens is 1. The monoisotopic (exact) mass is 380 g/mol. The Morgan fingerprint density at radius 3 is 2.00 bits per heavy atom. The van der Waals surface area contributed by atoms with Gasteiger partial charge < -0.3 is 0 Å². The Bertz CT molecular complexity index is 760. The predicted octanol–water partition coefficient (Wildman–Crippen LogP) is 1.52. The number of hydrogen-bond donors (Lipinski definition) is 2. The quantitative estimate of drug-likeness (QED) is 0.679. The molecule has 0 aliphatic carbocycles. The molecule has 0 aromatic heterocycles. The maximum Gasteiger partial charge on any atom is 0.214 e. The van der Waals surface area contributed by atoms with E-state index in [1.807, 2.05) is 0 Å². The van der Waals surface area contributed by atoms with E-state index >= 15 is 0 Å². The fourth-order valence-corrected chi connectivity index (χ4v) is 3.15. The van der Waals surface area contributed by atoms with Gasteiger partial charge in [-0.05, 0) is 45.7 Å². The van der Waals surface area contributed by atoms with Gasteiger partial charge in [0.05, 0.1) is 10.5 Å². The Labute approximate surface area is 144 Å². The molecule has 0 unspecified atom stereocenters. The van der Waals surface area contributed by atoms with Crippen molar-refractivity contribution in [3.8, 4) is 0 Å². The molecule has 24 heavy (non-hydrogen) atoms. The summed E-state index contributed by atoms with van der Waals surface area (Å²) in [7, 11) is -6.80. The van der Waals surface area contributed by atoms with E-state index in [2.05, 4.69) is 9.44 Å². The van der Waals surface area contributed by atoms with E-state index in [1.54, 1.807) is 33.8 Å². The van der Waals surface area contributed by atoms with Crippen LogP contribution in [0.3, 0.4) is 0 Å². The summed E-state index contributed by atoms with van der Waals surface area (Å²) in [6, 6.07) is 4.46. The van der Waals surface area contributed by atoms with Gasteiger partial charge in [0.25, 0.3) is 0 Å². The number of hydrogen-bond acceptors (Lipinski definition) is 4. The summed E-state index contributed by atoms with van der Waals surface area (Å²) >= 11 is 0. The first-order chi connectivity index (χ1) is 11.0. The highest BCUT2D eigenvalue weighted by molar-refractivity contribution is 7.90. The minimum Gasteiger partial charge on any atom is -0.215 e. The Morgan fingerprint density at radius 2 is 1.50 bits per heavy atom. The normalized spacial score (nSPS) is 13.0. The van der Waals surface area contributed by atoms with E-state index < -0.39 is 36.4 Å². The van der Waals surface area contributed by atoms with Gasteiger partial charge in [-0.25, -0.2) is 30.7 Å². The van der Waals surface area contributed by atoms with Crippen LogP contribution in [0.5, 0.6) is 0 Å². The molecule has 0 saturated heterocycles. The fourth-order valence-electron chi connectivity index (χ4n) is 1.74. The van der Waals surface area contributed by atoms with Gasteiger partial charge >= 0.3 is 0 Å². The first-order valence-corrected chi connectivity index (χ1v) is 10.8. The molecule has 0 heterocycles. The molecule has 0 aliphatic rings. The second-order valence-corrected chi connectivity index (χ2v) is 10.7. The van der Waals surface area contributed by atoms with Crippen LogP contribution in [-0.2, 0) is 33.0 Å². The number of rotatable bonds is 9. The van der Waals surface area contributed by atoms with Gasteiger partial charge in [0.15, 0.2) is 0 Å². The first kappa shape index (κ1) is 21.0. The molecule has 0 aliphatic heterocycles. The molecule has 2 N–H and O–H groups in total. The van der Waals surface area contributed by atoms with Crippen molar-refractivity contribution in [1.29, 1.82) is 0 Å². The van der Waals surface area contributed by atoms with Crippen molar-refractivity contribution in [1.82, 2.24) is 9.44 Å². The van der Waals surface area contributed by atoms with Crippen LogP contribution in [0.1, 0.15) is 38.8 Å². The molecule has 1 rings (SSSR count). The van der Waals surface area contributed by atoms with Crippen LogP contribution in [0.15, 0.2) is 18.2 Å². The summed E-state index contributed by atoms with van der Waals surface area (Å²) in [4.78, 5) is 0. The van der Waals surface area contributed by atoms with E-state index in [-0.39, 0.29) is 18.7 Å². The Kier molecular flexibility index (Phi) is 7.33. The number of sulfonamides is 2. The van der Waals surface area contributed by atoms with E-state index in [1.165, 1.54) is 12.1 Å². The lowest BCUT2D eigenvalue weighted by Gasteiger charge is -2.12.